The summed E-state index contributed by atoms with van der Waals surface area (Å²) in [5.74, 6) is 1.33. The molecule has 0 aromatic heterocycles. The predicted octanol–water partition coefficient (Wildman–Crippen LogP) is 1.58. The fraction of sp³-hybridized carbons (Fsp3) is 0.417. The number of nitrogen functional groups attached to an aromatic ring is 2. The predicted molar refractivity (Wildman–Crippen MR) is 75.1 cm³/mol. The van der Waals surface area contributed by atoms with Crippen molar-refractivity contribution in [3.05, 3.63) is 23.8 Å². The fourth-order valence-corrected chi connectivity index (χ4v) is 2.18. The summed E-state index contributed by atoms with van der Waals surface area (Å²) < 4.78 is 0. The van der Waals surface area contributed by atoms with E-state index in [1.165, 1.54) is 0 Å². The summed E-state index contributed by atoms with van der Waals surface area (Å²) in [6, 6.07) is 4.93. The van der Waals surface area contributed by atoms with E-state index in [-0.39, 0.29) is 5.91 Å². The Bertz CT molecular complexity index is 395. The highest BCUT2D eigenvalue weighted by Gasteiger charge is 2.10. The molecular weight excluding hydrogens is 234 g/mol. The number of carbonyl (C=O) groups is 1. The molecule has 0 radical (unpaired) electrons. The van der Waals surface area contributed by atoms with Gasteiger partial charge in [0.2, 0.25) is 0 Å². The van der Waals surface area contributed by atoms with Crippen LogP contribution in [0.15, 0.2) is 18.2 Å². The summed E-state index contributed by atoms with van der Waals surface area (Å²) in [4.78, 5) is 11.8. The van der Waals surface area contributed by atoms with E-state index in [0.717, 1.165) is 5.75 Å². The van der Waals surface area contributed by atoms with Gasteiger partial charge < -0.3 is 16.8 Å². The topological polar surface area (TPSA) is 81.1 Å². The lowest BCUT2D eigenvalue weighted by molar-refractivity contribution is 0.0950. The Kier molecular flexibility index (Phi) is 5.15. The molecule has 0 aliphatic carbocycles. The zero-order chi connectivity index (χ0) is 12.8. The van der Waals surface area contributed by atoms with Crippen molar-refractivity contribution in [2.24, 2.45) is 5.92 Å². The van der Waals surface area contributed by atoms with Gasteiger partial charge in [-0.25, -0.2) is 0 Å². The van der Waals surface area contributed by atoms with E-state index in [1.807, 2.05) is 0 Å². The number of nitrogens with two attached hydrogens (primary N) is 2. The zero-order valence-corrected chi connectivity index (χ0v) is 11.0. The molecule has 5 N–H and O–H groups in total. The Labute approximate surface area is 106 Å². The van der Waals surface area contributed by atoms with Crippen LogP contribution in [-0.2, 0) is 0 Å². The highest BCUT2D eigenvalue weighted by Crippen LogP contribution is 2.15. The zero-order valence-electron chi connectivity index (χ0n) is 10.2. The van der Waals surface area contributed by atoms with Gasteiger partial charge in [0.05, 0.1) is 5.56 Å². The Morgan fingerprint density at radius 3 is 2.76 bits per heavy atom. The first kappa shape index (κ1) is 13.7. The molecule has 1 aromatic carbocycles. The molecule has 0 fully saturated rings. The van der Waals surface area contributed by atoms with Crippen molar-refractivity contribution < 1.29 is 4.79 Å². The lowest BCUT2D eigenvalue weighted by atomic mass is 10.1. The summed E-state index contributed by atoms with van der Waals surface area (Å²) in [5.41, 5.74) is 12.8. The number of nitrogens with one attached hydrogen (secondary N) is 1. The van der Waals surface area contributed by atoms with Gasteiger partial charge >= 0.3 is 0 Å². The number of hydrogen-bond acceptors (Lipinski definition) is 4. The fourth-order valence-electron chi connectivity index (χ4n) is 1.49. The minimum Gasteiger partial charge on any atom is -0.399 e. The Morgan fingerprint density at radius 2 is 2.18 bits per heavy atom. The molecule has 1 amide bonds. The van der Waals surface area contributed by atoms with Crippen LogP contribution in [0.1, 0.15) is 17.3 Å². The van der Waals surface area contributed by atoms with Crippen LogP contribution in [0.25, 0.3) is 0 Å². The maximum Gasteiger partial charge on any atom is 0.253 e. The quantitative estimate of drug-likeness (QED) is 0.696. The van der Waals surface area contributed by atoms with Crippen molar-refractivity contribution in [1.29, 1.82) is 0 Å². The molecule has 0 spiro atoms. The van der Waals surface area contributed by atoms with Gasteiger partial charge in [0, 0.05) is 17.9 Å². The Balaban J connectivity index is 2.58. The molecule has 0 heterocycles. The number of thioether (sulfide) groups is 1. The van der Waals surface area contributed by atoms with Crippen LogP contribution in [0.3, 0.4) is 0 Å². The molecule has 5 heteroatoms. The number of carbonyl (C=O) groups excluding carboxylic acids is 1. The van der Waals surface area contributed by atoms with Gasteiger partial charge in [-0.1, -0.05) is 6.92 Å². The maximum absolute atomic E-state index is 11.8. The number of amides is 1. The van der Waals surface area contributed by atoms with Crippen molar-refractivity contribution in [1.82, 2.24) is 5.32 Å². The first-order valence-corrected chi connectivity index (χ1v) is 6.86. The van der Waals surface area contributed by atoms with E-state index < -0.39 is 0 Å². The molecule has 94 valence electrons. The number of rotatable bonds is 5. The van der Waals surface area contributed by atoms with Crippen LogP contribution in [0, 0.1) is 5.92 Å². The van der Waals surface area contributed by atoms with Crippen LogP contribution in [0.4, 0.5) is 11.4 Å². The van der Waals surface area contributed by atoms with Gasteiger partial charge in [0.1, 0.15) is 0 Å². The average Bonchev–Trinajstić information content (AvgIpc) is 2.26. The summed E-state index contributed by atoms with van der Waals surface area (Å²) in [6.07, 6.45) is 2.05. The van der Waals surface area contributed by atoms with Gasteiger partial charge in [0.25, 0.3) is 5.91 Å². The second-order valence-electron chi connectivity index (χ2n) is 4.12. The molecule has 17 heavy (non-hydrogen) atoms. The molecule has 0 saturated carbocycles. The van der Waals surface area contributed by atoms with E-state index in [0.29, 0.717) is 29.4 Å². The SMILES string of the molecule is CSCC(C)CNC(=O)c1ccc(N)cc1N. The molecular formula is C12H19N3OS. The van der Waals surface area contributed by atoms with E-state index in [9.17, 15) is 4.79 Å². The van der Waals surface area contributed by atoms with Crippen molar-refractivity contribution >= 4 is 29.0 Å². The monoisotopic (exact) mass is 253 g/mol. The third-order valence-electron chi connectivity index (χ3n) is 2.38. The van der Waals surface area contributed by atoms with Crippen LogP contribution in [0.2, 0.25) is 0 Å². The Hall–Kier alpha value is -1.36. The lowest BCUT2D eigenvalue weighted by Gasteiger charge is -2.12. The summed E-state index contributed by atoms with van der Waals surface area (Å²) >= 11 is 1.77. The highest BCUT2D eigenvalue weighted by atomic mass is 32.2. The minimum atomic E-state index is -0.143. The first-order chi connectivity index (χ1) is 8.04. The van der Waals surface area contributed by atoms with E-state index in [2.05, 4.69) is 18.5 Å². The molecule has 0 aliphatic rings. The molecule has 1 aromatic rings. The number of benzene rings is 1. The second kappa shape index (κ2) is 6.39. The molecule has 1 atom stereocenters. The highest BCUT2D eigenvalue weighted by molar-refractivity contribution is 7.98. The van der Waals surface area contributed by atoms with Gasteiger partial charge in [0.15, 0.2) is 0 Å². The normalized spacial score (nSPS) is 12.1. The lowest BCUT2D eigenvalue weighted by Crippen LogP contribution is -2.29. The molecule has 0 aliphatic heterocycles. The smallest absolute Gasteiger partial charge is 0.253 e. The molecule has 4 nitrogen and oxygen atoms in total. The van der Waals surface area contributed by atoms with E-state index >= 15 is 0 Å². The van der Waals surface area contributed by atoms with Crippen molar-refractivity contribution in [2.45, 2.75) is 6.92 Å². The summed E-state index contributed by atoms with van der Waals surface area (Å²) in [5, 5.41) is 2.87. The number of anilines is 2. The van der Waals surface area contributed by atoms with Crippen LogP contribution >= 0.6 is 11.8 Å². The third-order valence-corrected chi connectivity index (χ3v) is 3.28. The van der Waals surface area contributed by atoms with Crippen LogP contribution in [0.5, 0.6) is 0 Å². The van der Waals surface area contributed by atoms with Crippen molar-refractivity contribution in [3.8, 4) is 0 Å². The van der Waals surface area contributed by atoms with Crippen molar-refractivity contribution in [3.63, 3.8) is 0 Å². The maximum atomic E-state index is 11.8. The molecule has 1 rings (SSSR count). The van der Waals surface area contributed by atoms with Gasteiger partial charge in [-0.3, -0.25) is 4.79 Å². The minimum absolute atomic E-state index is 0.143. The first-order valence-electron chi connectivity index (χ1n) is 5.46. The standard InChI is InChI=1S/C12H19N3OS/c1-8(7-17-2)6-15-12(16)10-4-3-9(13)5-11(10)14/h3-5,8H,6-7,13-14H2,1-2H3,(H,15,16). The summed E-state index contributed by atoms with van der Waals surface area (Å²) in [6.45, 7) is 2.76. The van der Waals surface area contributed by atoms with E-state index in [1.54, 1.807) is 30.0 Å². The molecule has 0 saturated heterocycles. The van der Waals surface area contributed by atoms with Gasteiger partial charge in [-0.15, -0.1) is 0 Å². The average molecular weight is 253 g/mol. The largest absolute Gasteiger partial charge is 0.399 e. The second-order valence-corrected chi connectivity index (χ2v) is 5.03. The third kappa shape index (κ3) is 4.19. The molecule has 1 unspecified atom stereocenters. The van der Waals surface area contributed by atoms with Crippen LogP contribution < -0.4 is 16.8 Å². The van der Waals surface area contributed by atoms with E-state index in [4.69, 9.17) is 11.5 Å². The van der Waals surface area contributed by atoms with Crippen LogP contribution in [-0.4, -0.2) is 24.5 Å². The summed E-state index contributed by atoms with van der Waals surface area (Å²) in [7, 11) is 0. The van der Waals surface area contributed by atoms with Gasteiger partial charge in [-0.2, -0.15) is 11.8 Å². The number of hydrogen-bond donors (Lipinski definition) is 3. The molecule has 0 bridgehead atoms. The van der Waals surface area contributed by atoms with Crippen molar-refractivity contribution in [2.75, 3.05) is 30.0 Å². The van der Waals surface area contributed by atoms with Gasteiger partial charge in [-0.05, 0) is 36.1 Å². The Morgan fingerprint density at radius 1 is 1.47 bits per heavy atom.